The zero-order chi connectivity index (χ0) is 13.4. The van der Waals surface area contributed by atoms with Gasteiger partial charge >= 0.3 is 12.0 Å². The molecule has 98 valence electrons. The zero-order valence-electron chi connectivity index (χ0n) is 10.2. The number of aromatic nitrogens is 2. The van der Waals surface area contributed by atoms with E-state index in [0.29, 0.717) is 12.2 Å². The highest BCUT2D eigenvalue weighted by atomic mass is 16.4. The summed E-state index contributed by atoms with van der Waals surface area (Å²) >= 11 is 0. The number of nitrogens with zero attached hydrogens (tertiary/aromatic N) is 3. The molecule has 0 saturated heterocycles. The molecular weight excluding hydrogens is 236 g/mol. The fourth-order valence-electron chi connectivity index (χ4n) is 1.34. The van der Waals surface area contributed by atoms with E-state index in [0.717, 1.165) is 0 Å². The molecule has 0 saturated carbocycles. The Morgan fingerprint density at radius 2 is 2.28 bits per heavy atom. The molecule has 2 amide bonds. The summed E-state index contributed by atoms with van der Waals surface area (Å²) in [6, 6.07) is 3.18. The van der Waals surface area contributed by atoms with Crippen LogP contribution in [-0.2, 0) is 11.3 Å². The molecule has 0 aliphatic heterocycles. The third kappa shape index (κ3) is 4.77. The summed E-state index contributed by atoms with van der Waals surface area (Å²) in [5.74, 6) is -0.921. The van der Waals surface area contributed by atoms with E-state index in [2.05, 4.69) is 15.5 Å². The molecule has 0 aliphatic rings. The predicted molar refractivity (Wildman–Crippen MR) is 63.8 cm³/mol. The summed E-state index contributed by atoms with van der Waals surface area (Å²) in [6.45, 7) is 2.72. The van der Waals surface area contributed by atoms with E-state index in [1.54, 1.807) is 25.3 Å². The molecule has 0 aromatic carbocycles. The molecule has 0 fully saturated rings. The minimum atomic E-state index is -0.921. The Labute approximate surface area is 105 Å². The van der Waals surface area contributed by atoms with Crippen molar-refractivity contribution in [2.45, 2.75) is 19.9 Å². The van der Waals surface area contributed by atoms with Gasteiger partial charge in [-0.1, -0.05) is 0 Å². The normalized spacial score (nSPS) is 9.83. The summed E-state index contributed by atoms with van der Waals surface area (Å²) in [4.78, 5) is 23.6. The van der Waals surface area contributed by atoms with Gasteiger partial charge in [0.05, 0.1) is 18.7 Å². The Bertz CT molecular complexity index is 397. The summed E-state index contributed by atoms with van der Waals surface area (Å²) in [7, 11) is 0. The van der Waals surface area contributed by atoms with Crippen LogP contribution in [0.15, 0.2) is 18.3 Å². The molecule has 0 atom stereocenters. The molecule has 0 aliphatic carbocycles. The lowest BCUT2D eigenvalue weighted by atomic mass is 10.3. The number of amides is 2. The maximum Gasteiger partial charge on any atom is 0.317 e. The number of urea groups is 1. The number of carbonyl (C=O) groups excluding carboxylic acids is 1. The summed E-state index contributed by atoms with van der Waals surface area (Å²) < 4.78 is 0. The van der Waals surface area contributed by atoms with Crippen LogP contribution in [0.3, 0.4) is 0 Å². The van der Waals surface area contributed by atoms with Crippen LogP contribution in [0, 0.1) is 0 Å². The first-order valence-corrected chi connectivity index (χ1v) is 5.64. The van der Waals surface area contributed by atoms with Crippen LogP contribution < -0.4 is 5.32 Å². The van der Waals surface area contributed by atoms with Crippen LogP contribution in [0.5, 0.6) is 0 Å². The number of aliphatic carboxylic acids is 1. The zero-order valence-corrected chi connectivity index (χ0v) is 10.2. The van der Waals surface area contributed by atoms with Crippen LogP contribution in [0.1, 0.15) is 19.0 Å². The molecule has 2 N–H and O–H groups in total. The fraction of sp³-hybridized carbons (Fsp3) is 0.455. The predicted octanol–water partition coefficient (Wildman–Crippen LogP) is 0.483. The lowest BCUT2D eigenvalue weighted by Gasteiger charge is -2.20. The van der Waals surface area contributed by atoms with E-state index in [4.69, 9.17) is 5.11 Å². The number of hydrogen-bond acceptors (Lipinski definition) is 4. The van der Waals surface area contributed by atoms with Crippen molar-refractivity contribution in [1.82, 2.24) is 20.4 Å². The Morgan fingerprint density at radius 3 is 2.83 bits per heavy atom. The van der Waals surface area contributed by atoms with Gasteiger partial charge in [-0.2, -0.15) is 10.2 Å². The van der Waals surface area contributed by atoms with E-state index in [9.17, 15) is 9.59 Å². The highest BCUT2D eigenvalue weighted by molar-refractivity contribution is 5.75. The van der Waals surface area contributed by atoms with Crippen LogP contribution in [0.2, 0.25) is 0 Å². The molecule has 1 aromatic rings. The maximum absolute atomic E-state index is 11.7. The Morgan fingerprint density at radius 1 is 1.50 bits per heavy atom. The lowest BCUT2D eigenvalue weighted by molar-refractivity contribution is -0.137. The van der Waals surface area contributed by atoms with Gasteiger partial charge in [-0.05, 0) is 19.1 Å². The van der Waals surface area contributed by atoms with Gasteiger partial charge in [0.2, 0.25) is 0 Å². The molecule has 0 spiro atoms. The topological polar surface area (TPSA) is 95.4 Å². The van der Waals surface area contributed by atoms with Crippen molar-refractivity contribution in [3.05, 3.63) is 24.0 Å². The van der Waals surface area contributed by atoms with Crippen molar-refractivity contribution < 1.29 is 14.7 Å². The van der Waals surface area contributed by atoms with Gasteiger partial charge in [0, 0.05) is 19.3 Å². The smallest absolute Gasteiger partial charge is 0.317 e. The third-order valence-corrected chi connectivity index (χ3v) is 2.31. The van der Waals surface area contributed by atoms with Gasteiger partial charge in [0.15, 0.2) is 0 Å². The van der Waals surface area contributed by atoms with Crippen molar-refractivity contribution in [1.29, 1.82) is 0 Å². The monoisotopic (exact) mass is 252 g/mol. The molecule has 1 heterocycles. The molecule has 1 aromatic heterocycles. The standard InChI is InChI=1S/C11H16N4O3/c1-2-15(7-5-10(16)17)11(18)12-8-9-4-3-6-13-14-9/h3-4,6H,2,5,7-8H2,1H3,(H,12,18)(H,16,17). The van der Waals surface area contributed by atoms with E-state index >= 15 is 0 Å². The fourth-order valence-corrected chi connectivity index (χ4v) is 1.34. The van der Waals surface area contributed by atoms with Gasteiger partial charge in [-0.15, -0.1) is 0 Å². The summed E-state index contributed by atoms with van der Waals surface area (Å²) in [5, 5.41) is 18.8. The molecular formula is C11H16N4O3. The SMILES string of the molecule is CCN(CCC(=O)O)C(=O)NCc1cccnn1. The second-order valence-corrected chi connectivity index (χ2v) is 3.60. The van der Waals surface area contributed by atoms with Crippen LogP contribution >= 0.6 is 0 Å². The first kappa shape index (κ1) is 13.9. The maximum atomic E-state index is 11.7. The highest BCUT2D eigenvalue weighted by Crippen LogP contribution is 1.95. The molecule has 0 bridgehead atoms. The van der Waals surface area contributed by atoms with Gasteiger partial charge < -0.3 is 15.3 Å². The second-order valence-electron chi connectivity index (χ2n) is 3.60. The number of carboxylic acids is 1. The Balaban J connectivity index is 2.40. The number of carboxylic acid groups (broad SMARTS) is 1. The first-order valence-electron chi connectivity index (χ1n) is 5.64. The molecule has 0 unspecified atom stereocenters. The molecule has 1 rings (SSSR count). The minimum Gasteiger partial charge on any atom is -0.481 e. The van der Waals surface area contributed by atoms with E-state index < -0.39 is 5.97 Å². The van der Waals surface area contributed by atoms with Crippen LogP contribution in [-0.4, -0.2) is 45.3 Å². The Kier molecular flexibility index (Phi) is 5.56. The Hall–Kier alpha value is -2.18. The largest absolute Gasteiger partial charge is 0.481 e. The van der Waals surface area contributed by atoms with Crippen molar-refractivity contribution in [2.24, 2.45) is 0 Å². The first-order chi connectivity index (χ1) is 8.63. The quantitative estimate of drug-likeness (QED) is 0.767. The number of nitrogens with one attached hydrogen (secondary N) is 1. The molecule has 0 radical (unpaired) electrons. The van der Waals surface area contributed by atoms with Crippen LogP contribution in [0.25, 0.3) is 0 Å². The molecule has 7 heteroatoms. The number of carbonyl (C=O) groups is 2. The lowest BCUT2D eigenvalue weighted by Crippen LogP contribution is -2.40. The highest BCUT2D eigenvalue weighted by Gasteiger charge is 2.12. The minimum absolute atomic E-state index is 0.0631. The van der Waals surface area contributed by atoms with Crippen LogP contribution in [0.4, 0.5) is 4.79 Å². The number of hydrogen-bond donors (Lipinski definition) is 2. The average molecular weight is 252 g/mol. The van der Waals surface area contributed by atoms with E-state index in [1.165, 1.54) is 4.90 Å². The summed E-state index contributed by atoms with van der Waals surface area (Å²) in [6.07, 6.45) is 1.49. The summed E-state index contributed by atoms with van der Waals surface area (Å²) in [5.41, 5.74) is 0.653. The third-order valence-electron chi connectivity index (χ3n) is 2.31. The van der Waals surface area contributed by atoms with Gasteiger partial charge in [0.25, 0.3) is 0 Å². The van der Waals surface area contributed by atoms with Crippen molar-refractivity contribution >= 4 is 12.0 Å². The second kappa shape index (κ2) is 7.21. The van der Waals surface area contributed by atoms with Crippen molar-refractivity contribution in [2.75, 3.05) is 13.1 Å². The van der Waals surface area contributed by atoms with Gasteiger partial charge in [0.1, 0.15) is 0 Å². The number of rotatable bonds is 6. The van der Waals surface area contributed by atoms with Gasteiger partial charge in [-0.3, -0.25) is 4.79 Å². The van der Waals surface area contributed by atoms with Crippen molar-refractivity contribution in [3.8, 4) is 0 Å². The van der Waals surface area contributed by atoms with Crippen molar-refractivity contribution in [3.63, 3.8) is 0 Å². The van der Waals surface area contributed by atoms with Gasteiger partial charge in [-0.25, -0.2) is 4.79 Å². The van der Waals surface area contributed by atoms with E-state index in [-0.39, 0.29) is 25.5 Å². The van der Waals surface area contributed by atoms with E-state index in [1.807, 2.05) is 0 Å². The molecule has 18 heavy (non-hydrogen) atoms. The average Bonchev–Trinajstić information content (AvgIpc) is 2.38. The molecule has 7 nitrogen and oxygen atoms in total.